The Morgan fingerprint density at radius 3 is 2.43 bits per heavy atom. The minimum absolute atomic E-state index is 0.0522. The number of Topliss-reactive ketones (excluding diaryl/α,β-unsaturated/α-hetero) is 1. The molecule has 21 heavy (non-hydrogen) atoms. The molecular weight excluding hydrogens is 266 g/mol. The van der Waals surface area contributed by atoms with Crippen LogP contribution >= 0.6 is 0 Å². The predicted octanol–water partition coefficient (Wildman–Crippen LogP) is 3.69. The van der Waals surface area contributed by atoms with Gasteiger partial charge in [0.05, 0.1) is 0 Å². The largest absolute Gasteiger partial charge is 0.444 e. The van der Waals surface area contributed by atoms with Crippen molar-refractivity contribution in [2.75, 3.05) is 13.1 Å². The first kappa shape index (κ1) is 17.2. The molecule has 0 fully saturated rings. The van der Waals surface area contributed by atoms with E-state index in [1.165, 1.54) is 0 Å². The smallest absolute Gasteiger partial charge is 0.410 e. The number of benzene rings is 1. The highest BCUT2D eigenvalue weighted by molar-refractivity contribution is 5.94. The van der Waals surface area contributed by atoms with Gasteiger partial charge in [0, 0.05) is 18.7 Å². The summed E-state index contributed by atoms with van der Waals surface area (Å²) >= 11 is 0. The fourth-order valence-electron chi connectivity index (χ4n) is 1.91. The van der Waals surface area contributed by atoms with E-state index in [1.807, 2.05) is 45.9 Å². The molecule has 4 nitrogen and oxygen atoms in total. The molecule has 1 amide bonds. The number of ether oxygens (including phenoxy) is 1. The molecule has 1 aromatic rings. The highest BCUT2D eigenvalue weighted by Gasteiger charge is 2.20. The Kier molecular flexibility index (Phi) is 5.94. The molecule has 0 spiro atoms. The number of carbonyl (C=O) groups excluding carboxylic acids is 2. The van der Waals surface area contributed by atoms with Gasteiger partial charge in [0.25, 0.3) is 0 Å². The van der Waals surface area contributed by atoms with Crippen molar-refractivity contribution >= 4 is 11.9 Å². The normalized spacial score (nSPS) is 11.1. The molecule has 0 aliphatic carbocycles. The van der Waals surface area contributed by atoms with Crippen LogP contribution in [0, 0.1) is 0 Å². The van der Waals surface area contributed by atoms with Crippen molar-refractivity contribution in [3.05, 3.63) is 35.4 Å². The van der Waals surface area contributed by atoms with Crippen molar-refractivity contribution in [1.82, 2.24) is 4.90 Å². The second-order valence-corrected chi connectivity index (χ2v) is 6.07. The molecule has 0 aromatic heterocycles. The lowest BCUT2D eigenvalue weighted by Crippen LogP contribution is -2.37. The standard InChI is InChI=1S/C17H25NO3/c1-6-18(16(20)21-17(3,4)5)11-10-14-8-7-9-15(12-14)13(2)19/h7-9,12H,6,10-11H2,1-5H3. The van der Waals surface area contributed by atoms with E-state index < -0.39 is 5.60 Å². The van der Waals surface area contributed by atoms with Gasteiger partial charge in [-0.15, -0.1) is 0 Å². The fraction of sp³-hybridized carbons (Fsp3) is 0.529. The van der Waals surface area contributed by atoms with Crippen LogP contribution in [0.3, 0.4) is 0 Å². The summed E-state index contributed by atoms with van der Waals surface area (Å²) in [5, 5.41) is 0. The molecule has 116 valence electrons. The molecule has 0 saturated heterocycles. The molecule has 0 atom stereocenters. The summed E-state index contributed by atoms with van der Waals surface area (Å²) in [5.41, 5.74) is 1.26. The van der Waals surface area contributed by atoms with Crippen molar-refractivity contribution in [1.29, 1.82) is 0 Å². The fourth-order valence-corrected chi connectivity index (χ4v) is 1.91. The van der Waals surface area contributed by atoms with Gasteiger partial charge in [0.1, 0.15) is 5.60 Å². The summed E-state index contributed by atoms with van der Waals surface area (Å²) in [6.45, 7) is 10.2. The molecule has 0 unspecified atom stereocenters. The van der Waals surface area contributed by atoms with Crippen molar-refractivity contribution in [2.24, 2.45) is 0 Å². The molecular formula is C17H25NO3. The number of likely N-dealkylation sites (N-methyl/N-ethyl adjacent to an activating group) is 1. The van der Waals surface area contributed by atoms with E-state index in [0.29, 0.717) is 25.1 Å². The third-order valence-electron chi connectivity index (χ3n) is 3.04. The second-order valence-electron chi connectivity index (χ2n) is 6.07. The van der Waals surface area contributed by atoms with Gasteiger partial charge in [-0.3, -0.25) is 4.79 Å². The first-order chi connectivity index (χ1) is 9.73. The molecule has 0 bridgehead atoms. The first-order valence-electron chi connectivity index (χ1n) is 7.30. The van der Waals surface area contributed by atoms with Gasteiger partial charge in [0.15, 0.2) is 5.78 Å². The molecule has 0 aliphatic heterocycles. The van der Waals surface area contributed by atoms with Crippen molar-refractivity contribution in [2.45, 2.75) is 46.6 Å². The zero-order valence-electron chi connectivity index (χ0n) is 13.6. The number of rotatable bonds is 5. The summed E-state index contributed by atoms with van der Waals surface area (Å²) in [4.78, 5) is 25.1. The lowest BCUT2D eigenvalue weighted by atomic mass is 10.1. The lowest BCUT2D eigenvalue weighted by molar-refractivity contribution is 0.0262. The Morgan fingerprint density at radius 2 is 1.90 bits per heavy atom. The number of carbonyl (C=O) groups is 2. The maximum atomic E-state index is 12.0. The van der Waals surface area contributed by atoms with Crippen LogP contribution in [0.2, 0.25) is 0 Å². The van der Waals surface area contributed by atoms with Gasteiger partial charge in [-0.1, -0.05) is 18.2 Å². The number of nitrogens with zero attached hydrogens (tertiary/aromatic N) is 1. The van der Waals surface area contributed by atoms with Crippen molar-refractivity contribution in [3.63, 3.8) is 0 Å². The van der Waals surface area contributed by atoms with E-state index in [1.54, 1.807) is 17.9 Å². The highest BCUT2D eigenvalue weighted by Crippen LogP contribution is 2.12. The monoisotopic (exact) mass is 291 g/mol. The molecule has 0 N–H and O–H groups in total. The second kappa shape index (κ2) is 7.25. The van der Waals surface area contributed by atoms with Crippen molar-refractivity contribution < 1.29 is 14.3 Å². The van der Waals surface area contributed by atoms with E-state index in [-0.39, 0.29) is 11.9 Å². The zero-order chi connectivity index (χ0) is 16.0. The Hall–Kier alpha value is -1.84. The third-order valence-corrected chi connectivity index (χ3v) is 3.04. The number of hydrogen-bond acceptors (Lipinski definition) is 3. The van der Waals surface area contributed by atoms with E-state index in [2.05, 4.69) is 0 Å². The molecule has 1 aromatic carbocycles. The molecule has 4 heteroatoms. The topological polar surface area (TPSA) is 46.6 Å². The minimum atomic E-state index is -0.487. The van der Waals surface area contributed by atoms with Crippen LogP contribution in [0.5, 0.6) is 0 Å². The Morgan fingerprint density at radius 1 is 1.24 bits per heavy atom. The Balaban J connectivity index is 2.65. The van der Waals surface area contributed by atoms with E-state index >= 15 is 0 Å². The summed E-state index contributed by atoms with van der Waals surface area (Å²) in [7, 11) is 0. The Bertz CT molecular complexity index is 503. The molecule has 0 saturated carbocycles. The number of hydrogen-bond donors (Lipinski definition) is 0. The Labute approximate surface area is 127 Å². The van der Waals surface area contributed by atoms with Crippen LogP contribution < -0.4 is 0 Å². The van der Waals surface area contributed by atoms with E-state index in [0.717, 1.165) is 5.56 Å². The van der Waals surface area contributed by atoms with Crippen LogP contribution in [0.1, 0.15) is 50.5 Å². The average Bonchev–Trinajstić information content (AvgIpc) is 2.37. The molecule has 1 rings (SSSR count). The zero-order valence-corrected chi connectivity index (χ0v) is 13.6. The average molecular weight is 291 g/mol. The van der Waals surface area contributed by atoms with Crippen LogP contribution in [0.4, 0.5) is 4.79 Å². The van der Waals surface area contributed by atoms with Gasteiger partial charge >= 0.3 is 6.09 Å². The highest BCUT2D eigenvalue weighted by atomic mass is 16.6. The molecule has 0 heterocycles. The summed E-state index contributed by atoms with van der Waals surface area (Å²) in [6, 6.07) is 7.52. The van der Waals surface area contributed by atoms with Gasteiger partial charge in [-0.2, -0.15) is 0 Å². The van der Waals surface area contributed by atoms with Crippen LogP contribution in [0.25, 0.3) is 0 Å². The van der Waals surface area contributed by atoms with Gasteiger partial charge in [-0.05, 0) is 52.7 Å². The van der Waals surface area contributed by atoms with Crippen LogP contribution in [0.15, 0.2) is 24.3 Å². The van der Waals surface area contributed by atoms with Crippen molar-refractivity contribution in [3.8, 4) is 0 Å². The maximum absolute atomic E-state index is 12.0. The SMILES string of the molecule is CCN(CCc1cccc(C(C)=O)c1)C(=O)OC(C)(C)C. The van der Waals surface area contributed by atoms with Gasteiger partial charge in [0.2, 0.25) is 0 Å². The van der Waals surface area contributed by atoms with Gasteiger partial charge in [-0.25, -0.2) is 4.79 Å². The van der Waals surface area contributed by atoms with Gasteiger partial charge < -0.3 is 9.64 Å². The van der Waals surface area contributed by atoms with Crippen LogP contribution in [-0.4, -0.2) is 35.5 Å². The summed E-state index contributed by atoms with van der Waals surface area (Å²) in [6.07, 6.45) is 0.404. The summed E-state index contributed by atoms with van der Waals surface area (Å²) < 4.78 is 5.37. The molecule has 0 radical (unpaired) electrons. The van der Waals surface area contributed by atoms with E-state index in [4.69, 9.17) is 4.74 Å². The van der Waals surface area contributed by atoms with E-state index in [9.17, 15) is 9.59 Å². The third kappa shape index (κ3) is 5.98. The quantitative estimate of drug-likeness (QED) is 0.777. The number of ketones is 1. The first-order valence-corrected chi connectivity index (χ1v) is 7.30. The summed E-state index contributed by atoms with van der Waals surface area (Å²) in [5.74, 6) is 0.0522. The lowest BCUT2D eigenvalue weighted by Gasteiger charge is -2.26. The maximum Gasteiger partial charge on any atom is 0.410 e. The minimum Gasteiger partial charge on any atom is -0.444 e. The molecule has 0 aliphatic rings. The predicted molar refractivity (Wildman–Crippen MR) is 83.6 cm³/mol. The van der Waals surface area contributed by atoms with Crippen LogP contribution in [-0.2, 0) is 11.2 Å². The number of amides is 1.